The zero-order valence-corrected chi connectivity index (χ0v) is 17.0. The van der Waals surface area contributed by atoms with E-state index in [0.717, 1.165) is 27.2 Å². The van der Waals surface area contributed by atoms with Gasteiger partial charge in [0.1, 0.15) is 0 Å². The van der Waals surface area contributed by atoms with E-state index in [1.165, 1.54) is 16.7 Å². The van der Waals surface area contributed by atoms with Gasteiger partial charge in [-0.25, -0.2) is 4.98 Å². The van der Waals surface area contributed by atoms with Crippen molar-refractivity contribution in [2.75, 3.05) is 18.9 Å². The number of anilines is 1. The van der Waals surface area contributed by atoms with E-state index in [2.05, 4.69) is 10.3 Å². The summed E-state index contributed by atoms with van der Waals surface area (Å²) < 4.78 is 0. The van der Waals surface area contributed by atoms with Crippen LogP contribution in [0.25, 0.3) is 10.9 Å². The fraction of sp³-hybridized carbons (Fsp3) is 0.227. The molecule has 0 saturated heterocycles. The number of carbonyl (C=O) groups is 2. The molecular weight excluding hydrogens is 370 g/mol. The molecule has 3 aromatic rings. The second kappa shape index (κ2) is 8.89. The number of carbonyl (C=O) groups excluding carboxylic acids is 2. The van der Waals surface area contributed by atoms with E-state index in [9.17, 15) is 9.59 Å². The van der Waals surface area contributed by atoms with Gasteiger partial charge in [-0.15, -0.1) is 0 Å². The van der Waals surface area contributed by atoms with Crippen molar-refractivity contribution < 1.29 is 9.59 Å². The maximum Gasteiger partial charge on any atom is 0.243 e. The van der Waals surface area contributed by atoms with E-state index in [-0.39, 0.29) is 23.6 Å². The number of hydrogen-bond acceptors (Lipinski definition) is 4. The molecule has 3 rings (SSSR count). The Bertz CT molecular complexity index is 988. The highest BCUT2D eigenvalue weighted by Gasteiger charge is 2.21. The fourth-order valence-corrected chi connectivity index (χ4v) is 3.73. The van der Waals surface area contributed by atoms with Gasteiger partial charge < -0.3 is 10.2 Å². The van der Waals surface area contributed by atoms with Crippen molar-refractivity contribution in [2.24, 2.45) is 0 Å². The number of hydrogen-bond donors (Lipinski definition) is 1. The summed E-state index contributed by atoms with van der Waals surface area (Å²) in [6.07, 6.45) is 0. The van der Waals surface area contributed by atoms with Crippen LogP contribution in [0.1, 0.15) is 12.5 Å². The molecular formula is C22H23N3O2S. The second-order valence-electron chi connectivity index (χ2n) is 6.71. The Labute approximate surface area is 169 Å². The Morgan fingerprint density at radius 2 is 1.79 bits per heavy atom. The van der Waals surface area contributed by atoms with Crippen LogP contribution in [0.15, 0.2) is 65.7 Å². The number of nitrogens with one attached hydrogen (secondary N) is 1. The Morgan fingerprint density at radius 1 is 1.07 bits per heavy atom. The first-order valence-electron chi connectivity index (χ1n) is 9.06. The molecule has 0 spiro atoms. The number of aromatic nitrogens is 1. The van der Waals surface area contributed by atoms with Crippen molar-refractivity contribution in [3.8, 4) is 0 Å². The monoisotopic (exact) mass is 393 g/mol. The minimum atomic E-state index is -0.342. The molecule has 28 heavy (non-hydrogen) atoms. The molecule has 2 aromatic carbocycles. The topological polar surface area (TPSA) is 62.3 Å². The molecule has 1 N–H and O–H groups in total. The van der Waals surface area contributed by atoms with E-state index in [0.29, 0.717) is 0 Å². The van der Waals surface area contributed by atoms with E-state index < -0.39 is 0 Å². The van der Waals surface area contributed by atoms with Crippen LogP contribution < -0.4 is 5.32 Å². The molecule has 0 aliphatic rings. The lowest BCUT2D eigenvalue weighted by molar-refractivity contribution is -0.132. The quantitative estimate of drug-likeness (QED) is 0.640. The minimum Gasteiger partial charge on any atom is -0.335 e. The van der Waals surface area contributed by atoms with Crippen LogP contribution in [0.3, 0.4) is 0 Å². The molecule has 144 valence electrons. The number of benzene rings is 2. The van der Waals surface area contributed by atoms with Gasteiger partial charge in [-0.1, -0.05) is 53.7 Å². The van der Waals surface area contributed by atoms with Crippen molar-refractivity contribution in [1.82, 2.24) is 9.88 Å². The smallest absolute Gasteiger partial charge is 0.243 e. The normalized spacial score (nSPS) is 11.8. The van der Waals surface area contributed by atoms with Crippen LogP contribution in [0.4, 0.5) is 5.69 Å². The van der Waals surface area contributed by atoms with E-state index >= 15 is 0 Å². The first-order valence-corrected chi connectivity index (χ1v) is 9.94. The van der Waals surface area contributed by atoms with Gasteiger partial charge in [-0.05, 0) is 38.1 Å². The van der Waals surface area contributed by atoms with Gasteiger partial charge >= 0.3 is 0 Å². The summed E-state index contributed by atoms with van der Waals surface area (Å²) in [7, 11) is 1.64. The molecule has 0 radical (unpaired) electrons. The van der Waals surface area contributed by atoms with Crippen molar-refractivity contribution in [2.45, 2.75) is 24.1 Å². The zero-order chi connectivity index (χ0) is 20.1. The first-order chi connectivity index (χ1) is 13.4. The van der Waals surface area contributed by atoms with Gasteiger partial charge in [0.25, 0.3) is 0 Å². The maximum absolute atomic E-state index is 12.6. The predicted molar refractivity (Wildman–Crippen MR) is 115 cm³/mol. The lowest BCUT2D eigenvalue weighted by atomic mass is 10.2. The molecule has 5 nitrogen and oxygen atoms in total. The summed E-state index contributed by atoms with van der Waals surface area (Å²) in [6.45, 7) is 3.82. The highest BCUT2D eigenvalue weighted by atomic mass is 32.2. The summed E-state index contributed by atoms with van der Waals surface area (Å²) in [5.41, 5.74) is 2.75. The van der Waals surface area contributed by atoms with Gasteiger partial charge in [-0.3, -0.25) is 9.59 Å². The van der Waals surface area contributed by atoms with Gasteiger partial charge in [0.15, 0.2) is 0 Å². The van der Waals surface area contributed by atoms with E-state index in [1.54, 1.807) is 7.05 Å². The molecule has 1 atom stereocenters. The van der Waals surface area contributed by atoms with Crippen LogP contribution in [0.5, 0.6) is 0 Å². The second-order valence-corrected chi connectivity index (χ2v) is 8.07. The minimum absolute atomic E-state index is 0.00274. The summed E-state index contributed by atoms with van der Waals surface area (Å²) in [4.78, 5) is 30.9. The van der Waals surface area contributed by atoms with Crippen LogP contribution in [0.2, 0.25) is 0 Å². The number of rotatable bonds is 6. The van der Waals surface area contributed by atoms with Crippen LogP contribution in [-0.2, 0) is 9.59 Å². The molecule has 0 aliphatic heterocycles. The third kappa shape index (κ3) is 5.10. The first kappa shape index (κ1) is 19.9. The molecule has 0 aliphatic carbocycles. The largest absolute Gasteiger partial charge is 0.335 e. The summed E-state index contributed by atoms with van der Waals surface area (Å²) >= 11 is 1.39. The van der Waals surface area contributed by atoms with Gasteiger partial charge in [0.05, 0.1) is 22.3 Å². The van der Waals surface area contributed by atoms with Crippen molar-refractivity contribution in [3.05, 3.63) is 66.2 Å². The Kier molecular flexibility index (Phi) is 6.31. The van der Waals surface area contributed by atoms with Crippen molar-refractivity contribution in [3.63, 3.8) is 0 Å². The van der Waals surface area contributed by atoms with Crippen molar-refractivity contribution in [1.29, 1.82) is 0 Å². The van der Waals surface area contributed by atoms with Crippen LogP contribution in [-0.4, -0.2) is 40.5 Å². The van der Waals surface area contributed by atoms with E-state index in [1.807, 2.05) is 74.5 Å². The molecule has 1 aromatic heterocycles. The van der Waals surface area contributed by atoms with Gasteiger partial charge in [-0.2, -0.15) is 0 Å². The third-order valence-corrected chi connectivity index (χ3v) is 5.33. The molecule has 2 amide bonds. The number of thioether (sulfide) groups is 1. The van der Waals surface area contributed by atoms with E-state index in [4.69, 9.17) is 0 Å². The highest BCUT2D eigenvalue weighted by molar-refractivity contribution is 8.00. The number of amides is 2. The molecule has 1 heterocycles. The van der Waals surface area contributed by atoms with Gasteiger partial charge in [0, 0.05) is 18.1 Å². The number of likely N-dealkylation sites (N-methyl/N-ethyl adjacent to an activating group) is 1. The average Bonchev–Trinajstić information content (AvgIpc) is 2.69. The lowest BCUT2D eigenvalue weighted by Crippen LogP contribution is -2.38. The number of nitrogens with zero attached hydrogens (tertiary/aromatic N) is 2. The number of para-hydroxylation sites is 1. The molecule has 0 bridgehead atoms. The number of aryl methyl sites for hydroxylation is 1. The van der Waals surface area contributed by atoms with Gasteiger partial charge in [0.2, 0.25) is 11.8 Å². The number of fused-ring (bicyclic) bond motifs is 1. The van der Waals surface area contributed by atoms with Crippen molar-refractivity contribution >= 4 is 40.2 Å². The average molecular weight is 394 g/mol. The summed E-state index contributed by atoms with van der Waals surface area (Å²) in [5.74, 6) is -0.334. The number of pyridine rings is 1. The van der Waals surface area contributed by atoms with Crippen LogP contribution >= 0.6 is 11.8 Å². The highest BCUT2D eigenvalue weighted by Crippen LogP contribution is 2.24. The van der Waals surface area contributed by atoms with Crippen LogP contribution in [0, 0.1) is 6.92 Å². The SMILES string of the molecule is Cc1ccc(NC(=O)CN(C)C(=O)[C@H](C)Sc2ccc3ccccc3n2)cc1. The predicted octanol–water partition coefficient (Wildman–Crippen LogP) is 4.12. The molecule has 0 fully saturated rings. The molecule has 0 unspecified atom stereocenters. The Balaban J connectivity index is 1.56. The third-order valence-electron chi connectivity index (χ3n) is 4.31. The fourth-order valence-electron chi connectivity index (χ4n) is 2.79. The zero-order valence-electron chi connectivity index (χ0n) is 16.2. The maximum atomic E-state index is 12.6. The molecule has 6 heteroatoms. The molecule has 0 saturated carbocycles. The Morgan fingerprint density at radius 3 is 2.54 bits per heavy atom. The Hall–Kier alpha value is -2.86. The standard InChI is InChI=1S/C22H23N3O2S/c1-15-8-11-18(12-9-15)23-20(26)14-25(3)22(27)16(2)28-21-13-10-17-6-4-5-7-19(17)24-21/h4-13,16H,14H2,1-3H3,(H,23,26)/t16-/m0/s1. The summed E-state index contributed by atoms with van der Waals surface area (Å²) in [5, 5.41) is 4.32. The summed E-state index contributed by atoms with van der Waals surface area (Å²) in [6, 6.07) is 19.3. The lowest BCUT2D eigenvalue weighted by Gasteiger charge is -2.20.